The van der Waals surface area contributed by atoms with E-state index in [1.807, 2.05) is 0 Å². The molecule has 3 aliphatic rings. The van der Waals surface area contributed by atoms with Crippen LogP contribution < -0.4 is 5.32 Å². The Morgan fingerprint density at radius 3 is 1.94 bits per heavy atom. The van der Waals surface area contributed by atoms with Crippen LogP contribution in [0.4, 0.5) is 0 Å². The molecule has 0 aromatic heterocycles. The zero-order valence-corrected chi connectivity index (χ0v) is 10.8. The van der Waals surface area contributed by atoms with Gasteiger partial charge in [0.05, 0.1) is 13.2 Å². The molecule has 3 saturated heterocycles. The maximum atomic E-state index is 5.81. The van der Waals surface area contributed by atoms with Crippen molar-refractivity contribution in [2.45, 2.75) is 37.9 Å². The van der Waals surface area contributed by atoms with E-state index >= 15 is 0 Å². The molecule has 0 radical (unpaired) electrons. The Morgan fingerprint density at radius 1 is 0.824 bits per heavy atom. The number of likely N-dealkylation sites (tertiary alicyclic amines) is 2. The lowest BCUT2D eigenvalue weighted by Gasteiger charge is -2.52. The summed E-state index contributed by atoms with van der Waals surface area (Å²) < 4.78 is 5.81. The molecule has 4 nitrogen and oxygen atoms in total. The van der Waals surface area contributed by atoms with Crippen molar-refractivity contribution in [2.24, 2.45) is 0 Å². The Hall–Kier alpha value is -0.160. The van der Waals surface area contributed by atoms with Gasteiger partial charge in [0.1, 0.15) is 0 Å². The largest absolute Gasteiger partial charge is 0.375 e. The smallest absolute Gasteiger partial charge is 0.152 e. The minimum absolute atomic E-state index is 0.0230. The molecule has 0 aromatic rings. The zero-order chi connectivity index (χ0) is 11.6. The van der Waals surface area contributed by atoms with E-state index in [0.717, 1.165) is 19.8 Å². The molecule has 3 aliphatic heterocycles. The average Bonchev–Trinajstić information content (AvgIpc) is 2.95. The highest BCUT2D eigenvalue weighted by molar-refractivity contribution is 4.93. The fourth-order valence-electron chi connectivity index (χ4n) is 3.55. The van der Waals surface area contributed by atoms with Gasteiger partial charge in [0.25, 0.3) is 0 Å². The Kier molecular flexibility index (Phi) is 3.66. The molecule has 3 rings (SSSR count). The summed E-state index contributed by atoms with van der Waals surface area (Å²) in [6.07, 6.45) is 6.77. The molecule has 17 heavy (non-hydrogen) atoms. The van der Waals surface area contributed by atoms with E-state index in [1.54, 1.807) is 0 Å². The van der Waals surface area contributed by atoms with E-state index in [2.05, 4.69) is 15.1 Å². The molecule has 3 heterocycles. The minimum Gasteiger partial charge on any atom is -0.375 e. The van der Waals surface area contributed by atoms with E-state index in [9.17, 15) is 0 Å². The number of hydrogen-bond donors (Lipinski definition) is 1. The normalized spacial score (nSPS) is 37.4. The first-order valence-electron chi connectivity index (χ1n) is 7.25. The van der Waals surface area contributed by atoms with Gasteiger partial charge in [-0.1, -0.05) is 6.42 Å². The summed E-state index contributed by atoms with van der Waals surface area (Å²) in [6, 6.07) is 0. The van der Waals surface area contributed by atoms with Gasteiger partial charge in [-0.3, -0.25) is 15.1 Å². The Bertz CT molecular complexity index is 241. The third-order valence-corrected chi connectivity index (χ3v) is 4.47. The second-order valence-electron chi connectivity index (χ2n) is 5.54. The van der Waals surface area contributed by atoms with Gasteiger partial charge in [0, 0.05) is 32.7 Å². The SMILES string of the molecule is C1CCN(C2(N3CCCC3)COCCN2)CC1. The van der Waals surface area contributed by atoms with Crippen molar-refractivity contribution >= 4 is 0 Å². The van der Waals surface area contributed by atoms with Crippen molar-refractivity contribution in [3.63, 3.8) is 0 Å². The van der Waals surface area contributed by atoms with Crippen LogP contribution in [0.25, 0.3) is 0 Å². The molecule has 98 valence electrons. The highest BCUT2D eigenvalue weighted by Gasteiger charge is 2.44. The standard InChI is InChI=1S/C13H25N3O/c1-2-7-15(8-3-1)13(12-17-11-6-14-13)16-9-4-5-10-16/h14H,1-12H2. The minimum atomic E-state index is 0.0230. The van der Waals surface area contributed by atoms with Gasteiger partial charge in [-0.25, -0.2) is 0 Å². The summed E-state index contributed by atoms with van der Waals surface area (Å²) in [5.41, 5.74) is 0. The molecular formula is C13H25N3O. The summed E-state index contributed by atoms with van der Waals surface area (Å²) in [6.45, 7) is 7.61. The van der Waals surface area contributed by atoms with Crippen molar-refractivity contribution in [3.8, 4) is 0 Å². The van der Waals surface area contributed by atoms with Gasteiger partial charge in [-0.2, -0.15) is 0 Å². The molecule has 0 bridgehead atoms. The molecular weight excluding hydrogens is 214 g/mol. The lowest BCUT2D eigenvalue weighted by Crippen LogP contribution is -2.73. The monoisotopic (exact) mass is 239 g/mol. The third kappa shape index (κ3) is 2.24. The van der Waals surface area contributed by atoms with Crippen molar-refractivity contribution < 1.29 is 4.74 Å². The van der Waals surface area contributed by atoms with Crippen LogP contribution in [0.2, 0.25) is 0 Å². The van der Waals surface area contributed by atoms with Crippen LogP contribution in [0.15, 0.2) is 0 Å². The fourth-order valence-corrected chi connectivity index (χ4v) is 3.55. The van der Waals surface area contributed by atoms with Crippen LogP contribution in [-0.2, 0) is 4.74 Å². The summed E-state index contributed by atoms with van der Waals surface area (Å²) >= 11 is 0. The number of nitrogens with one attached hydrogen (secondary N) is 1. The number of hydrogen-bond acceptors (Lipinski definition) is 4. The van der Waals surface area contributed by atoms with Gasteiger partial charge in [-0.15, -0.1) is 0 Å². The third-order valence-electron chi connectivity index (χ3n) is 4.47. The quantitative estimate of drug-likeness (QED) is 0.773. The fraction of sp³-hybridized carbons (Fsp3) is 1.00. The van der Waals surface area contributed by atoms with Gasteiger partial charge in [0.15, 0.2) is 5.79 Å². The highest BCUT2D eigenvalue weighted by atomic mass is 16.5. The van der Waals surface area contributed by atoms with Gasteiger partial charge in [0.2, 0.25) is 0 Å². The van der Waals surface area contributed by atoms with E-state index in [4.69, 9.17) is 4.74 Å². The molecule has 1 atom stereocenters. The lowest BCUT2D eigenvalue weighted by atomic mass is 10.1. The number of ether oxygens (including phenoxy) is 1. The summed E-state index contributed by atoms with van der Waals surface area (Å²) in [7, 11) is 0. The van der Waals surface area contributed by atoms with E-state index in [0.29, 0.717) is 0 Å². The van der Waals surface area contributed by atoms with Crippen molar-refractivity contribution in [2.75, 3.05) is 45.9 Å². The van der Waals surface area contributed by atoms with Crippen molar-refractivity contribution in [3.05, 3.63) is 0 Å². The first kappa shape index (κ1) is 11.9. The number of morpholine rings is 1. The van der Waals surface area contributed by atoms with Gasteiger partial charge >= 0.3 is 0 Å². The van der Waals surface area contributed by atoms with Crippen molar-refractivity contribution in [1.82, 2.24) is 15.1 Å². The second-order valence-corrected chi connectivity index (χ2v) is 5.54. The first-order valence-corrected chi connectivity index (χ1v) is 7.25. The van der Waals surface area contributed by atoms with Crippen LogP contribution in [-0.4, -0.2) is 61.5 Å². The van der Waals surface area contributed by atoms with Gasteiger partial charge < -0.3 is 4.74 Å². The predicted molar refractivity (Wildman–Crippen MR) is 67.8 cm³/mol. The zero-order valence-electron chi connectivity index (χ0n) is 10.8. The van der Waals surface area contributed by atoms with Crippen LogP contribution in [0.1, 0.15) is 32.1 Å². The number of nitrogens with zero attached hydrogens (tertiary/aromatic N) is 2. The van der Waals surface area contributed by atoms with Gasteiger partial charge in [-0.05, 0) is 25.7 Å². The van der Waals surface area contributed by atoms with Crippen LogP contribution in [0.3, 0.4) is 0 Å². The Balaban J connectivity index is 1.78. The summed E-state index contributed by atoms with van der Waals surface area (Å²) in [5.74, 6) is 0.0230. The highest BCUT2D eigenvalue weighted by Crippen LogP contribution is 2.28. The Labute approximate surface area is 104 Å². The summed E-state index contributed by atoms with van der Waals surface area (Å²) in [5, 5.41) is 3.77. The number of rotatable bonds is 2. The number of piperidine rings is 1. The maximum Gasteiger partial charge on any atom is 0.152 e. The van der Waals surface area contributed by atoms with Crippen LogP contribution in [0, 0.1) is 0 Å². The molecule has 4 heteroatoms. The van der Waals surface area contributed by atoms with Crippen LogP contribution in [0.5, 0.6) is 0 Å². The molecule has 0 aliphatic carbocycles. The summed E-state index contributed by atoms with van der Waals surface area (Å²) in [4.78, 5) is 5.26. The van der Waals surface area contributed by atoms with Crippen molar-refractivity contribution in [1.29, 1.82) is 0 Å². The molecule has 0 saturated carbocycles. The van der Waals surface area contributed by atoms with E-state index in [1.165, 1.54) is 58.3 Å². The first-order chi connectivity index (χ1) is 8.42. The molecule has 0 spiro atoms. The topological polar surface area (TPSA) is 27.7 Å². The molecule has 1 unspecified atom stereocenters. The molecule has 0 aromatic carbocycles. The maximum absolute atomic E-state index is 5.81. The van der Waals surface area contributed by atoms with E-state index < -0.39 is 0 Å². The Morgan fingerprint density at radius 2 is 1.41 bits per heavy atom. The predicted octanol–water partition coefficient (Wildman–Crippen LogP) is 0.842. The average molecular weight is 239 g/mol. The molecule has 0 amide bonds. The second kappa shape index (κ2) is 5.22. The van der Waals surface area contributed by atoms with Crippen LogP contribution >= 0.6 is 0 Å². The lowest BCUT2D eigenvalue weighted by molar-refractivity contribution is -0.152. The molecule has 1 N–H and O–H groups in total. The van der Waals surface area contributed by atoms with E-state index in [-0.39, 0.29) is 5.79 Å². The molecule has 3 fully saturated rings.